The third-order valence-electron chi connectivity index (χ3n) is 4.23. The van der Waals surface area contributed by atoms with Crippen LogP contribution in [0.4, 0.5) is 0 Å². The maximum Gasteiger partial charge on any atom is 0.422 e. The molecule has 0 aliphatic heterocycles. The van der Waals surface area contributed by atoms with Crippen LogP contribution in [0.5, 0.6) is 11.5 Å². The Kier molecular flexibility index (Phi) is 7.52. The molecule has 0 radical (unpaired) electrons. The number of esters is 1. The summed E-state index contributed by atoms with van der Waals surface area (Å²) in [4.78, 5) is 34.9. The second-order valence-corrected chi connectivity index (χ2v) is 6.55. The van der Waals surface area contributed by atoms with E-state index in [1.807, 2.05) is 30.3 Å². The van der Waals surface area contributed by atoms with Crippen LogP contribution >= 0.6 is 0 Å². The standard InChI is InChI=1S/C23H22O7/c1-14(2)9-12-17-18(29-3)13-16(11-10-15-7-5-4-6-8-15)19(21(24)25)20(17)30-23(28)22(26)27/h4-8,10-11,13H,1,9,12H2,2-3H3,(H,24,25)(H,26,27)/b11-10+. The minimum Gasteiger partial charge on any atom is -0.496 e. The van der Waals surface area contributed by atoms with E-state index in [9.17, 15) is 19.5 Å². The molecule has 0 aromatic heterocycles. The number of hydrogen-bond donors (Lipinski definition) is 2. The summed E-state index contributed by atoms with van der Waals surface area (Å²) in [5.41, 5.74) is 1.80. The molecule has 0 aliphatic carbocycles. The Hall–Kier alpha value is -3.87. The van der Waals surface area contributed by atoms with E-state index in [1.54, 1.807) is 19.1 Å². The minimum atomic E-state index is -1.83. The number of rotatable bonds is 8. The molecule has 0 spiro atoms. The van der Waals surface area contributed by atoms with Crippen molar-refractivity contribution in [1.82, 2.24) is 0 Å². The third-order valence-corrected chi connectivity index (χ3v) is 4.23. The fourth-order valence-corrected chi connectivity index (χ4v) is 2.80. The van der Waals surface area contributed by atoms with E-state index >= 15 is 0 Å². The van der Waals surface area contributed by atoms with Crippen molar-refractivity contribution in [2.24, 2.45) is 0 Å². The molecule has 0 amide bonds. The molecule has 0 aliphatic rings. The average molecular weight is 410 g/mol. The number of carboxylic acids is 2. The molecule has 0 bridgehead atoms. The molecule has 7 nitrogen and oxygen atoms in total. The average Bonchev–Trinajstić information content (AvgIpc) is 2.70. The van der Waals surface area contributed by atoms with Gasteiger partial charge in [0.1, 0.15) is 11.3 Å². The van der Waals surface area contributed by atoms with Gasteiger partial charge in [-0.1, -0.05) is 48.1 Å². The van der Waals surface area contributed by atoms with Crippen molar-refractivity contribution in [2.45, 2.75) is 19.8 Å². The highest BCUT2D eigenvalue weighted by Gasteiger charge is 2.27. The summed E-state index contributed by atoms with van der Waals surface area (Å²) in [5, 5.41) is 18.8. The number of ether oxygens (including phenoxy) is 2. The fourth-order valence-electron chi connectivity index (χ4n) is 2.80. The molecule has 0 unspecified atom stereocenters. The van der Waals surface area contributed by atoms with Crippen molar-refractivity contribution in [3.05, 3.63) is 70.8 Å². The Morgan fingerprint density at radius 3 is 2.30 bits per heavy atom. The topological polar surface area (TPSA) is 110 Å². The number of aromatic carboxylic acids is 1. The van der Waals surface area contributed by atoms with Crippen LogP contribution in [0.25, 0.3) is 12.2 Å². The number of carboxylic acid groups (broad SMARTS) is 2. The SMILES string of the molecule is C=C(C)CCc1c(OC)cc(/C=C/c2ccccc2)c(C(=O)O)c1OC(=O)C(=O)O. The number of allylic oxidation sites excluding steroid dienone is 1. The summed E-state index contributed by atoms with van der Waals surface area (Å²) >= 11 is 0. The number of carbonyl (C=O) groups is 3. The quantitative estimate of drug-likeness (QED) is 0.222. The summed E-state index contributed by atoms with van der Waals surface area (Å²) in [6.07, 6.45) is 3.95. The fraction of sp³-hybridized carbons (Fsp3) is 0.174. The van der Waals surface area contributed by atoms with Crippen LogP contribution in [0, 0.1) is 0 Å². The highest BCUT2D eigenvalue weighted by atomic mass is 16.6. The molecule has 7 heteroatoms. The van der Waals surface area contributed by atoms with E-state index in [-0.39, 0.29) is 34.6 Å². The Morgan fingerprint density at radius 2 is 1.77 bits per heavy atom. The first-order chi connectivity index (χ1) is 14.2. The van der Waals surface area contributed by atoms with Gasteiger partial charge in [-0.05, 0) is 37.0 Å². The Bertz CT molecular complexity index is 1000. The second kappa shape index (κ2) is 10.1. The lowest BCUT2D eigenvalue weighted by Gasteiger charge is -2.18. The zero-order valence-corrected chi connectivity index (χ0v) is 16.7. The van der Waals surface area contributed by atoms with E-state index in [1.165, 1.54) is 13.2 Å². The molecule has 2 N–H and O–H groups in total. The summed E-state index contributed by atoms with van der Waals surface area (Å²) in [6.45, 7) is 5.61. The van der Waals surface area contributed by atoms with Gasteiger partial charge < -0.3 is 19.7 Å². The van der Waals surface area contributed by atoms with Crippen molar-refractivity contribution in [3.63, 3.8) is 0 Å². The van der Waals surface area contributed by atoms with E-state index in [2.05, 4.69) is 6.58 Å². The lowest BCUT2D eigenvalue weighted by Crippen LogP contribution is -2.22. The zero-order valence-electron chi connectivity index (χ0n) is 16.7. The predicted molar refractivity (Wildman–Crippen MR) is 112 cm³/mol. The number of methoxy groups -OCH3 is 1. The normalized spacial score (nSPS) is 10.6. The van der Waals surface area contributed by atoms with Gasteiger partial charge in [0.15, 0.2) is 5.75 Å². The van der Waals surface area contributed by atoms with Gasteiger partial charge >= 0.3 is 17.9 Å². The lowest BCUT2D eigenvalue weighted by atomic mass is 9.96. The minimum absolute atomic E-state index is 0.204. The number of carbonyl (C=O) groups excluding carboxylic acids is 1. The largest absolute Gasteiger partial charge is 0.496 e. The molecule has 156 valence electrons. The number of aliphatic carboxylic acids is 1. The van der Waals surface area contributed by atoms with Crippen LogP contribution in [-0.4, -0.2) is 35.2 Å². The van der Waals surface area contributed by atoms with Crippen LogP contribution in [0.15, 0.2) is 48.6 Å². The monoisotopic (exact) mass is 410 g/mol. The van der Waals surface area contributed by atoms with E-state index < -0.39 is 17.9 Å². The van der Waals surface area contributed by atoms with Gasteiger partial charge in [0, 0.05) is 5.56 Å². The van der Waals surface area contributed by atoms with Gasteiger partial charge in [-0.15, -0.1) is 6.58 Å². The number of benzene rings is 2. The lowest BCUT2D eigenvalue weighted by molar-refractivity contribution is -0.158. The Labute approximate surface area is 173 Å². The van der Waals surface area contributed by atoms with Gasteiger partial charge in [-0.2, -0.15) is 0 Å². The molecule has 0 atom stereocenters. The van der Waals surface area contributed by atoms with E-state index in [0.29, 0.717) is 6.42 Å². The third kappa shape index (κ3) is 5.57. The van der Waals surface area contributed by atoms with Crippen molar-refractivity contribution < 1.29 is 34.1 Å². The number of hydrogen-bond acceptors (Lipinski definition) is 5. The first-order valence-electron chi connectivity index (χ1n) is 9.04. The van der Waals surface area contributed by atoms with Crippen molar-refractivity contribution in [1.29, 1.82) is 0 Å². The molecule has 0 saturated carbocycles. The van der Waals surface area contributed by atoms with Crippen LogP contribution in [0.3, 0.4) is 0 Å². The van der Waals surface area contributed by atoms with Crippen LogP contribution in [0.2, 0.25) is 0 Å². The van der Waals surface area contributed by atoms with Crippen molar-refractivity contribution in [3.8, 4) is 11.5 Å². The smallest absolute Gasteiger partial charge is 0.422 e. The van der Waals surface area contributed by atoms with Crippen LogP contribution in [0.1, 0.15) is 40.4 Å². The van der Waals surface area contributed by atoms with Gasteiger partial charge in [0.2, 0.25) is 0 Å². The van der Waals surface area contributed by atoms with Gasteiger partial charge in [-0.25, -0.2) is 14.4 Å². The Balaban J connectivity index is 2.71. The molecule has 0 heterocycles. The second-order valence-electron chi connectivity index (χ2n) is 6.55. The van der Waals surface area contributed by atoms with Crippen LogP contribution in [-0.2, 0) is 16.0 Å². The maximum absolute atomic E-state index is 12.1. The predicted octanol–water partition coefficient (Wildman–Crippen LogP) is 4.06. The molecular weight excluding hydrogens is 388 g/mol. The van der Waals surface area contributed by atoms with E-state index in [0.717, 1.165) is 11.1 Å². The molecule has 30 heavy (non-hydrogen) atoms. The Morgan fingerprint density at radius 1 is 1.10 bits per heavy atom. The molecular formula is C23H22O7. The molecule has 2 aromatic carbocycles. The first-order valence-corrected chi connectivity index (χ1v) is 9.04. The van der Waals surface area contributed by atoms with Gasteiger partial charge in [-0.3, -0.25) is 0 Å². The molecule has 0 saturated heterocycles. The summed E-state index contributed by atoms with van der Waals surface area (Å²) in [7, 11) is 1.40. The van der Waals surface area contributed by atoms with Gasteiger partial charge in [0.05, 0.1) is 7.11 Å². The molecule has 0 fully saturated rings. The zero-order chi connectivity index (χ0) is 22.3. The molecule has 2 rings (SSSR count). The van der Waals surface area contributed by atoms with Crippen molar-refractivity contribution >= 4 is 30.1 Å². The highest BCUT2D eigenvalue weighted by Crippen LogP contribution is 2.38. The first kappa shape index (κ1) is 22.4. The summed E-state index contributed by atoms with van der Waals surface area (Å²) < 4.78 is 10.4. The highest BCUT2D eigenvalue weighted by molar-refractivity contribution is 6.29. The summed E-state index contributed by atoms with van der Waals surface area (Å²) in [5.74, 6) is -4.85. The van der Waals surface area contributed by atoms with Crippen LogP contribution < -0.4 is 9.47 Å². The summed E-state index contributed by atoms with van der Waals surface area (Å²) in [6, 6.07) is 10.7. The molecule has 2 aromatic rings. The maximum atomic E-state index is 12.1. The van der Waals surface area contributed by atoms with Crippen molar-refractivity contribution in [2.75, 3.05) is 7.11 Å². The van der Waals surface area contributed by atoms with E-state index in [4.69, 9.17) is 14.6 Å². The van der Waals surface area contributed by atoms with Gasteiger partial charge in [0.25, 0.3) is 0 Å².